The second-order valence-electron chi connectivity index (χ2n) is 4.58. The molecule has 2 aromatic rings. The number of aromatic amines is 1. The number of nitrogens with one attached hydrogen (secondary N) is 1. The normalized spacial score (nSPS) is 12.2. The van der Waals surface area contributed by atoms with E-state index in [2.05, 4.69) is 30.7 Å². The summed E-state index contributed by atoms with van der Waals surface area (Å²) in [5.74, 6) is 0.977. The number of imidazole rings is 1. The Morgan fingerprint density at radius 1 is 1.29 bits per heavy atom. The Hall–Kier alpha value is -1.51. The SMILES string of the molecule is CC(C)(C)c1nc2c(N)cccc2[nH]1. The van der Waals surface area contributed by atoms with Crippen molar-refractivity contribution in [2.24, 2.45) is 0 Å². The van der Waals surface area contributed by atoms with Gasteiger partial charge < -0.3 is 10.7 Å². The summed E-state index contributed by atoms with van der Waals surface area (Å²) in [4.78, 5) is 7.79. The van der Waals surface area contributed by atoms with E-state index in [1.165, 1.54) is 0 Å². The Labute approximate surface area is 83.3 Å². The van der Waals surface area contributed by atoms with E-state index in [1.54, 1.807) is 0 Å². The van der Waals surface area contributed by atoms with Crippen LogP contribution in [0, 0.1) is 0 Å². The second kappa shape index (κ2) is 2.74. The molecule has 0 aliphatic carbocycles. The Morgan fingerprint density at radius 3 is 2.57 bits per heavy atom. The van der Waals surface area contributed by atoms with Gasteiger partial charge in [0.05, 0.1) is 11.2 Å². The zero-order valence-corrected chi connectivity index (χ0v) is 8.76. The van der Waals surface area contributed by atoms with Crippen LogP contribution < -0.4 is 5.73 Å². The summed E-state index contributed by atoms with van der Waals surface area (Å²) in [5, 5.41) is 0. The highest BCUT2D eigenvalue weighted by Gasteiger charge is 2.18. The van der Waals surface area contributed by atoms with Gasteiger partial charge in [0.2, 0.25) is 0 Å². The minimum absolute atomic E-state index is 0.0332. The van der Waals surface area contributed by atoms with E-state index in [1.807, 2.05) is 18.2 Å². The van der Waals surface area contributed by atoms with Crippen LogP contribution >= 0.6 is 0 Å². The molecule has 3 nitrogen and oxygen atoms in total. The molecule has 14 heavy (non-hydrogen) atoms. The molecule has 1 aromatic carbocycles. The molecular weight excluding hydrogens is 174 g/mol. The molecule has 3 heteroatoms. The zero-order chi connectivity index (χ0) is 10.3. The number of fused-ring (bicyclic) bond motifs is 1. The number of hydrogen-bond donors (Lipinski definition) is 2. The molecule has 0 saturated carbocycles. The lowest BCUT2D eigenvalue weighted by Crippen LogP contribution is -2.13. The number of H-pyrrole nitrogens is 1. The van der Waals surface area contributed by atoms with Gasteiger partial charge in [-0.2, -0.15) is 0 Å². The fraction of sp³-hybridized carbons (Fsp3) is 0.364. The molecule has 0 saturated heterocycles. The van der Waals surface area contributed by atoms with Gasteiger partial charge in [0, 0.05) is 5.41 Å². The van der Waals surface area contributed by atoms with Crippen LogP contribution in [-0.2, 0) is 5.41 Å². The third-order valence-corrected chi connectivity index (χ3v) is 2.25. The molecule has 0 aliphatic heterocycles. The quantitative estimate of drug-likeness (QED) is 0.625. The highest BCUT2D eigenvalue weighted by atomic mass is 14.9. The number of nitrogen functional groups attached to an aromatic ring is 1. The molecule has 0 fully saturated rings. The number of rotatable bonds is 0. The van der Waals surface area contributed by atoms with Crippen molar-refractivity contribution in [1.29, 1.82) is 0 Å². The molecule has 0 aliphatic rings. The number of aromatic nitrogens is 2. The maximum atomic E-state index is 5.83. The van der Waals surface area contributed by atoms with Gasteiger partial charge >= 0.3 is 0 Å². The number of benzene rings is 1. The van der Waals surface area contributed by atoms with Crippen LogP contribution in [0.15, 0.2) is 18.2 Å². The van der Waals surface area contributed by atoms with Crippen molar-refractivity contribution in [3.05, 3.63) is 24.0 Å². The van der Waals surface area contributed by atoms with Crippen molar-refractivity contribution in [2.75, 3.05) is 5.73 Å². The standard InChI is InChI=1S/C11H15N3/c1-11(2,3)10-13-8-6-4-5-7(12)9(8)14-10/h4-6H,12H2,1-3H3,(H,13,14). The maximum absolute atomic E-state index is 5.83. The van der Waals surface area contributed by atoms with E-state index < -0.39 is 0 Å². The van der Waals surface area contributed by atoms with Gasteiger partial charge in [-0.3, -0.25) is 0 Å². The Morgan fingerprint density at radius 2 is 2.00 bits per heavy atom. The first-order chi connectivity index (χ1) is 6.48. The van der Waals surface area contributed by atoms with Gasteiger partial charge in [-0.15, -0.1) is 0 Å². The largest absolute Gasteiger partial charge is 0.397 e. The van der Waals surface area contributed by atoms with E-state index in [9.17, 15) is 0 Å². The number of nitrogens with zero attached hydrogens (tertiary/aromatic N) is 1. The molecule has 0 amide bonds. The van der Waals surface area contributed by atoms with Crippen molar-refractivity contribution in [3.63, 3.8) is 0 Å². The van der Waals surface area contributed by atoms with E-state index >= 15 is 0 Å². The lowest BCUT2D eigenvalue weighted by molar-refractivity contribution is 0.554. The smallest absolute Gasteiger partial charge is 0.112 e. The van der Waals surface area contributed by atoms with Crippen LogP contribution in [0.1, 0.15) is 26.6 Å². The van der Waals surface area contributed by atoms with Crippen LogP contribution in [0.2, 0.25) is 0 Å². The highest BCUT2D eigenvalue weighted by molar-refractivity contribution is 5.86. The molecular formula is C11H15N3. The van der Waals surface area contributed by atoms with Gasteiger partial charge in [-0.25, -0.2) is 4.98 Å². The first kappa shape index (κ1) is 9.06. The van der Waals surface area contributed by atoms with Crippen molar-refractivity contribution >= 4 is 16.7 Å². The fourth-order valence-corrected chi connectivity index (χ4v) is 1.41. The third kappa shape index (κ3) is 1.35. The van der Waals surface area contributed by atoms with Crippen LogP contribution in [0.4, 0.5) is 5.69 Å². The highest BCUT2D eigenvalue weighted by Crippen LogP contribution is 2.24. The number of para-hydroxylation sites is 1. The fourth-order valence-electron chi connectivity index (χ4n) is 1.41. The molecule has 0 radical (unpaired) electrons. The Balaban J connectivity index is 2.69. The van der Waals surface area contributed by atoms with E-state index in [4.69, 9.17) is 5.73 Å². The summed E-state index contributed by atoms with van der Waals surface area (Å²) in [5.41, 5.74) is 8.48. The monoisotopic (exact) mass is 189 g/mol. The molecule has 1 heterocycles. The van der Waals surface area contributed by atoms with Gasteiger partial charge in [0.1, 0.15) is 11.3 Å². The summed E-state index contributed by atoms with van der Waals surface area (Å²) < 4.78 is 0. The first-order valence-corrected chi connectivity index (χ1v) is 4.73. The summed E-state index contributed by atoms with van der Waals surface area (Å²) >= 11 is 0. The van der Waals surface area contributed by atoms with Crippen LogP contribution in [-0.4, -0.2) is 9.97 Å². The summed E-state index contributed by atoms with van der Waals surface area (Å²) in [6.07, 6.45) is 0. The van der Waals surface area contributed by atoms with Crippen molar-refractivity contribution in [3.8, 4) is 0 Å². The van der Waals surface area contributed by atoms with E-state index in [-0.39, 0.29) is 5.41 Å². The van der Waals surface area contributed by atoms with Crippen molar-refractivity contribution < 1.29 is 0 Å². The van der Waals surface area contributed by atoms with Crippen molar-refractivity contribution in [2.45, 2.75) is 26.2 Å². The predicted octanol–water partition coefficient (Wildman–Crippen LogP) is 2.44. The van der Waals surface area contributed by atoms with Crippen LogP contribution in [0.3, 0.4) is 0 Å². The summed E-state index contributed by atoms with van der Waals surface area (Å²) in [6.45, 7) is 6.38. The molecule has 2 rings (SSSR count). The van der Waals surface area contributed by atoms with Gasteiger partial charge in [-0.05, 0) is 12.1 Å². The Bertz CT molecular complexity index is 463. The zero-order valence-electron chi connectivity index (χ0n) is 8.76. The van der Waals surface area contributed by atoms with Crippen molar-refractivity contribution in [1.82, 2.24) is 9.97 Å². The van der Waals surface area contributed by atoms with E-state index in [0.29, 0.717) is 0 Å². The molecule has 0 spiro atoms. The molecule has 0 bridgehead atoms. The molecule has 1 aromatic heterocycles. The summed E-state index contributed by atoms with van der Waals surface area (Å²) in [7, 11) is 0. The molecule has 0 unspecified atom stereocenters. The summed E-state index contributed by atoms with van der Waals surface area (Å²) in [6, 6.07) is 5.80. The average Bonchev–Trinajstić information content (AvgIpc) is 2.48. The number of hydrogen-bond acceptors (Lipinski definition) is 2. The predicted molar refractivity (Wildman–Crippen MR) is 59.2 cm³/mol. The number of nitrogens with two attached hydrogens (primary N) is 1. The second-order valence-corrected chi connectivity index (χ2v) is 4.58. The Kier molecular flexibility index (Phi) is 1.77. The molecule has 0 atom stereocenters. The average molecular weight is 189 g/mol. The van der Waals surface area contributed by atoms with Gasteiger partial charge in [-0.1, -0.05) is 26.8 Å². The van der Waals surface area contributed by atoms with Gasteiger partial charge in [0.15, 0.2) is 0 Å². The molecule has 3 N–H and O–H groups in total. The lowest BCUT2D eigenvalue weighted by Gasteiger charge is -2.13. The van der Waals surface area contributed by atoms with E-state index in [0.717, 1.165) is 22.5 Å². The number of anilines is 1. The lowest BCUT2D eigenvalue weighted by atomic mass is 9.96. The van der Waals surface area contributed by atoms with Gasteiger partial charge in [0.25, 0.3) is 0 Å². The van der Waals surface area contributed by atoms with Crippen LogP contribution in [0.25, 0.3) is 11.0 Å². The minimum atomic E-state index is 0.0332. The third-order valence-electron chi connectivity index (χ3n) is 2.25. The topological polar surface area (TPSA) is 54.7 Å². The minimum Gasteiger partial charge on any atom is -0.397 e. The first-order valence-electron chi connectivity index (χ1n) is 4.73. The maximum Gasteiger partial charge on any atom is 0.112 e. The van der Waals surface area contributed by atoms with Crippen LogP contribution in [0.5, 0.6) is 0 Å². The molecule has 74 valence electrons.